The third-order valence-corrected chi connectivity index (χ3v) is 6.88. The maximum atomic E-state index is 13.7. The fourth-order valence-electron chi connectivity index (χ4n) is 5.71. The lowest BCUT2D eigenvalue weighted by atomic mass is 9.52. The van der Waals surface area contributed by atoms with E-state index in [1.165, 1.54) is 27.8 Å². The summed E-state index contributed by atoms with van der Waals surface area (Å²) >= 11 is 0. The molecule has 3 aliphatic carbocycles. The number of aryl methyl sites for hydroxylation is 1. The van der Waals surface area contributed by atoms with E-state index in [2.05, 4.69) is 74.6 Å². The molecule has 29 heavy (non-hydrogen) atoms. The number of hydrogen-bond donors (Lipinski definition) is 1. The van der Waals surface area contributed by atoms with Crippen molar-refractivity contribution >= 4 is 11.6 Å². The lowest BCUT2D eigenvalue weighted by molar-refractivity contribution is -0.123. The van der Waals surface area contributed by atoms with E-state index in [0.717, 1.165) is 5.69 Å². The molecule has 0 saturated heterocycles. The molecular weight excluding hydrogens is 354 g/mol. The molecule has 2 atom stereocenters. The predicted molar refractivity (Wildman–Crippen MR) is 118 cm³/mol. The lowest BCUT2D eigenvalue weighted by Gasteiger charge is -2.51. The van der Waals surface area contributed by atoms with E-state index in [0.29, 0.717) is 5.92 Å². The van der Waals surface area contributed by atoms with Gasteiger partial charge in [-0.25, -0.2) is 0 Å². The van der Waals surface area contributed by atoms with Crippen LogP contribution in [0.25, 0.3) is 0 Å². The van der Waals surface area contributed by atoms with E-state index < -0.39 is 0 Å². The zero-order valence-electron chi connectivity index (χ0n) is 17.2. The summed E-state index contributed by atoms with van der Waals surface area (Å²) < 4.78 is 0. The Morgan fingerprint density at radius 1 is 0.759 bits per heavy atom. The van der Waals surface area contributed by atoms with Crippen LogP contribution in [0, 0.1) is 24.7 Å². The molecule has 3 aliphatic rings. The quantitative estimate of drug-likeness (QED) is 0.582. The molecule has 2 nitrogen and oxygen atoms in total. The number of anilines is 1. The number of amides is 1. The highest BCUT2D eigenvalue weighted by molar-refractivity contribution is 5.95. The van der Waals surface area contributed by atoms with Crippen molar-refractivity contribution in [2.75, 3.05) is 5.32 Å². The van der Waals surface area contributed by atoms with Gasteiger partial charge >= 0.3 is 0 Å². The first-order chi connectivity index (χ1) is 14.1. The average molecular weight is 382 g/mol. The summed E-state index contributed by atoms with van der Waals surface area (Å²) in [5.74, 6) is 1.18. The third kappa shape index (κ3) is 2.81. The van der Waals surface area contributed by atoms with Gasteiger partial charge in [0.1, 0.15) is 0 Å². The minimum absolute atomic E-state index is 0.0638. The average Bonchev–Trinajstić information content (AvgIpc) is 2.74. The van der Waals surface area contributed by atoms with Crippen LogP contribution in [0.15, 0.2) is 72.8 Å². The fraction of sp³-hybridized carbons (Fsp3) is 0.296. The standard InChI is InChI=1S/C27H27NO/c1-16(2)23-24-19-8-4-6-10-21(19)25(22-11-7-5-9-20(22)24)26(23)27(29)28-18-14-12-17(3)13-15-18/h4-16,23-26H,1-3H3,(H,28,29)/t23-,24?,25?,26+/m0/s1. The van der Waals surface area contributed by atoms with Gasteiger partial charge in [0.25, 0.3) is 0 Å². The van der Waals surface area contributed by atoms with Gasteiger partial charge in [-0.15, -0.1) is 0 Å². The van der Waals surface area contributed by atoms with Crippen molar-refractivity contribution in [3.8, 4) is 0 Å². The SMILES string of the molecule is Cc1ccc(NC(=O)[C@H]2C3c4ccccc4C(c4ccccc43)[C@@H]2C(C)C)cc1. The summed E-state index contributed by atoms with van der Waals surface area (Å²) in [6.45, 7) is 6.60. The molecule has 3 aromatic rings. The molecule has 0 spiro atoms. The molecule has 0 saturated carbocycles. The third-order valence-electron chi connectivity index (χ3n) is 6.88. The first kappa shape index (κ1) is 18.2. The maximum Gasteiger partial charge on any atom is 0.228 e. The summed E-state index contributed by atoms with van der Waals surface area (Å²) in [4.78, 5) is 13.7. The Kier molecular flexibility index (Phi) is 4.31. The van der Waals surface area contributed by atoms with Crippen LogP contribution in [0.5, 0.6) is 0 Å². The number of fused-ring (bicyclic) bond motifs is 1. The Morgan fingerprint density at radius 3 is 1.72 bits per heavy atom. The van der Waals surface area contributed by atoms with Crippen molar-refractivity contribution in [1.82, 2.24) is 0 Å². The highest BCUT2D eigenvalue weighted by Crippen LogP contribution is 2.60. The van der Waals surface area contributed by atoms with E-state index in [-0.39, 0.29) is 29.6 Å². The molecule has 3 aromatic carbocycles. The molecule has 1 N–H and O–H groups in total. The van der Waals surface area contributed by atoms with Crippen molar-refractivity contribution in [2.24, 2.45) is 17.8 Å². The van der Waals surface area contributed by atoms with Crippen molar-refractivity contribution < 1.29 is 4.79 Å². The van der Waals surface area contributed by atoms with Gasteiger partial charge in [-0.05, 0) is 53.1 Å². The van der Waals surface area contributed by atoms with Crippen LogP contribution >= 0.6 is 0 Å². The van der Waals surface area contributed by atoms with Crippen LogP contribution in [0.1, 0.15) is 53.5 Å². The first-order valence-electron chi connectivity index (χ1n) is 10.6. The van der Waals surface area contributed by atoms with Gasteiger partial charge in [0.15, 0.2) is 0 Å². The highest BCUT2D eigenvalue weighted by atomic mass is 16.1. The largest absolute Gasteiger partial charge is 0.326 e. The molecule has 0 aliphatic heterocycles. The Bertz CT molecular complexity index is 1020. The number of nitrogens with one attached hydrogen (secondary N) is 1. The van der Waals surface area contributed by atoms with E-state index in [1.807, 2.05) is 24.3 Å². The van der Waals surface area contributed by atoms with Crippen LogP contribution in [0.2, 0.25) is 0 Å². The van der Waals surface area contributed by atoms with E-state index in [9.17, 15) is 4.79 Å². The lowest BCUT2D eigenvalue weighted by Crippen LogP contribution is -2.47. The van der Waals surface area contributed by atoms with Gasteiger partial charge in [0.05, 0.1) is 5.92 Å². The smallest absolute Gasteiger partial charge is 0.228 e. The second-order valence-corrected chi connectivity index (χ2v) is 8.92. The van der Waals surface area contributed by atoms with Crippen LogP contribution in [-0.4, -0.2) is 5.91 Å². The van der Waals surface area contributed by atoms with Crippen LogP contribution in [0.3, 0.4) is 0 Å². The molecule has 6 rings (SSSR count). The van der Waals surface area contributed by atoms with Crippen LogP contribution < -0.4 is 5.32 Å². The minimum Gasteiger partial charge on any atom is -0.326 e. The normalized spacial score (nSPS) is 24.1. The van der Waals surface area contributed by atoms with Crippen molar-refractivity contribution in [3.63, 3.8) is 0 Å². The Morgan fingerprint density at radius 2 is 1.24 bits per heavy atom. The van der Waals surface area contributed by atoms with E-state index in [4.69, 9.17) is 0 Å². The van der Waals surface area contributed by atoms with Gasteiger partial charge in [-0.1, -0.05) is 80.1 Å². The Labute approximate surface area is 173 Å². The molecular formula is C27H27NO. The number of benzene rings is 3. The van der Waals surface area contributed by atoms with Crippen molar-refractivity contribution in [2.45, 2.75) is 32.6 Å². The fourth-order valence-corrected chi connectivity index (χ4v) is 5.71. The summed E-state index contributed by atoms with van der Waals surface area (Å²) in [6, 6.07) is 25.6. The van der Waals surface area contributed by atoms with Gasteiger partial charge in [0.2, 0.25) is 5.91 Å². The van der Waals surface area contributed by atoms with Gasteiger partial charge in [0, 0.05) is 17.5 Å². The summed E-state index contributed by atoms with van der Waals surface area (Å²) in [5, 5.41) is 3.23. The van der Waals surface area contributed by atoms with E-state index >= 15 is 0 Å². The summed E-state index contributed by atoms with van der Waals surface area (Å²) in [7, 11) is 0. The molecule has 146 valence electrons. The monoisotopic (exact) mass is 381 g/mol. The number of carbonyl (C=O) groups excluding carboxylic acids is 1. The van der Waals surface area contributed by atoms with Gasteiger partial charge < -0.3 is 5.32 Å². The van der Waals surface area contributed by atoms with Crippen LogP contribution in [-0.2, 0) is 4.79 Å². The van der Waals surface area contributed by atoms with Gasteiger partial charge in [-0.3, -0.25) is 4.79 Å². The number of rotatable bonds is 3. The molecule has 0 radical (unpaired) electrons. The topological polar surface area (TPSA) is 29.1 Å². The molecule has 0 fully saturated rings. The molecule has 2 heteroatoms. The summed E-state index contributed by atoms with van der Waals surface area (Å²) in [6.07, 6.45) is 0. The maximum absolute atomic E-state index is 13.7. The Balaban J connectivity index is 1.63. The zero-order valence-corrected chi connectivity index (χ0v) is 17.2. The van der Waals surface area contributed by atoms with E-state index in [1.54, 1.807) is 0 Å². The minimum atomic E-state index is -0.0638. The van der Waals surface area contributed by atoms with Gasteiger partial charge in [-0.2, -0.15) is 0 Å². The second-order valence-electron chi connectivity index (χ2n) is 8.92. The van der Waals surface area contributed by atoms with Crippen LogP contribution in [0.4, 0.5) is 5.69 Å². The molecule has 2 bridgehead atoms. The zero-order chi connectivity index (χ0) is 20.1. The highest BCUT2D eigenvalue weighted by Gasteiger charge is 2.53. The molecule has 0 aromatic heterocycles. The predicted octanol–water partition coefficient (Wildman–Crippen LogP) is 6.11. The molecule has 0 unspecified atom stereocenters. The first-order valence-corrected chi connectivity index (χ1v) is 10.6. The number of hydrogen-bond acceptors (Lipinski definition) is 1. The van der Waals surface area contributed by atoms with Crippen molar-refractivity contribution in [3.05, 3.63) is 101 Å². The Hall–Kier alpha value is -2.87. The molecule has 0 heterocycles. The molecule has 1 amide bonds. The second kappa shape index (κ2) is 6.88. The van der Waals surface area contributed by atoms with Crippen molar-refractivity contribution in [1.29, 1.82) is 0 Å². The number of carbonyl (C=O) groups is 1. The summed E-state index contributed by atoms with van der Waals surface area (Å²) in [5.41, 5.74) is 7.56.